The van der Waals surface area contributed by atoms with Crippen molar-refractivity contribution < 1.29 is 27.8 Å². The van der Waals surface area contributed by atoms with Crippen LogP contribution >= 0.6 is 0 Å². The van der Waals surface area contributed by atoms with Crippen LogP contribution in [0.15, 0.2) is 56.7 Å². The number of likely N-dealkylation sites (tertiary alicyclic amines) is 1. The summed E-state index contributed by atoms with van der Waals surface area (Å²) in [5.74, 6) is 0.275. The summed E-state index contributed by atoms with van der Waals surface area (Å²) in [4.78, 5) is 39.8. The Bertz CT molecular complexity index is 1540. The molecular formula is C36H49F2N9O4. The minimum atomic E-state index is -1.37. The topological polar surface area (TPSA) is 161 Å². The zero-order valence-corrected chi connectivity index (χ0v) is 29.6. The highest BCUT2D eigenvalue weighted by atomic mass is 19.1. The number of hydrogen-bond acceptors (Lipinski definition) is 8. The lowest BCUT2D eigenvalue weighted by atomic mass is 9.79. The van der Waals surface area contributed by atoms with E-state index in [-0.39, 0.29) is 35.3 Å². The summed E-state index contributed by atoms with van der Waals surface area (Å²) in [6.07, 6.45) is 6.58. The molecule has 3 N–H and O–H groups in total. The summed E-state index contributed by atoms with van der Waals surface area (Å²) in [6, 6.07) is 7.56. The van der Waals surface area contributed by atoms with Crippen LogP contribution in [-0.2, 0) is 19.1 Å². The molecule has 0 saturated carbocycles. The number of halogens is 2. The van der Waals surface area contributed by atoms with E-state index in [9.17, 15) is 23.6 Å². The maximum Gasteiger partial charge on any atom is 0.220 e. The molecule has 6 rings (SSSR count). The molecule has 2 amide bonds. The third kappa shape index (κ3) is 10.4. The Kier molecular flexibility index (Phi) is 14.6. The molecule has 1 aliphatic carbocycles. The number of ether oxygens (including phenoxy) is 2. The zero-order chi connectivity index (χ0) is 36.8. The van der Waals surface area contributed by atoms with Gasteiger partial charge in [-0.25, -0.2) is 23.8 Å². The van der Waals surface area contributed by atoms with Crippen molar-refractivity contribution in [1.29, 1.82) is 5.26 Å². The van der Waals surface area contributed by atoms with Crippen molar-refractivity contribution >= 4 is 42.2 Å². The number of carbonyl (C=O) groups is 2. The lowest BCUT2D eigenvalue weighted by molar-refractivity contribution is -0.122. The molecule has 0 aromatic heterocycles. The molecular weight excluding hydrogens is 660 g/mol. The van der Waals surface area contributed by atoms with Crippen molar-refractivity contribution in [2.45, 2.75) is 64.8 Å². The standard InChI is InChI=1S/C30H36F2N8O3.C4H7NO.C2H6/c1-30(6-4-27(21(13-30)14-33)43-28-5-7-38(20-41)15-25(28)32)29(35-18-34)37-19-36-26-3-2-22(12-24(26)31)39-8-10-40(11-9-39)23-16-42-17-23;6-4-2-1-3-5-4;1-2/h2-4,12-13,18-20,23,25,28H,5-11,15-17H2,1H3,(H2,34,35,36,37);1-3H2,(H,5,6);1-2H3/t25-,28+,30?;;/m1../s1. The number of piperazine rings is 1. The molecule has 0 spiro atoms. The monoisotopic (exact) mass is 709 g/mol. The van der Waals surface area contributed by atoms with Crippen molar-refractivity contribution in [1.82, 2.24) is 15.1 Å². The van der Waals surface area contributed by atoms with E-state index in [0.29, 0.717) is 31.8 Å². The Hall–Kier alpha value is -4.68. The highest BCUT2D eigenvalue weighted by Crippen LogP contribution is 2.37. The number of amidine groups is 1. The molecule has 276 valence electrons. The fourth-order valence-corrected chi connectivity index (χ4v) is 6.20. The Morgan fingerprint density at radius 2 is 1.98 bits per heavy atom. The Balaban J connectivity index is 0.000000651. The number of piperidine rings is 1. The van der Waals surface area contributed by atoms with Gasteiger partial charge in [0.05, 0.1) is 43.1 Å². The van der Waals surface area contributed by atoms with Gasteiger partial charge in [-0.05, 0) is 50.1 Å². The smallest absolute Gasteiger partial charge is 0.220 e. The maximum absolute atomic E-state index is 15.0. The van der Waals surface area contributed by atoms with Gasteiger partial charge in [0.25, 0.3) is 0 Å². The molecule has 1 unspecified atom stereocenters. The van der Waals surface area contributed by atoms with Crippen molar-refractivity contribution in [2.24, 2.45) is 26.1 Å². The largest absolute Gasteiger partial charge is 0.486 e. The van der Waals surface area contributed by atoms with E-state index in [2.05, 4.69) is 36.2 Å². The second-order valence-electron chi connectivity index (χ2n) is 12.7. The normalized spacial score (nSPS) is 25.8. The number of alkyl halides is 1. The molecule has 0 radical (unpaired) electrons. The third-order valence-electron chi connectivity index (χ3n) is 9.24. The average molecular weight is 710 g/mol. The molecule has 4 saturated heterocycles. The summed E-state index contributed by atoms with van der Waals surface area (Å²) in [5.41, 5.74) is 5.88. The average Bonchev–Trinajstić information content (AvgIpc) is 3.61. The number of nitrogens with two attached hydrogens (primary N) is 1. The highest BCUT2D eigenvalue weighted by molar-refractivity contribution is 5.99. The number of carbonyl (C=O) groups excluding carboxylic acids is 2. The molecule has 3 atom stereocenters. The van der Waals surface area contributed by atoms with Gasteiger partial charge < -0.3 is 30.3 Å². The van der Waals surface area contributed by atoms with E-state index in [1.807, 2.05) is 26.8 Å². The van der Waals surface area contributed by atoms with Crippen molar-refractivity contribution in [3.8, 4) is 6.07 Å². The van der Waals surface area contributed by atoms with Gasteiger partial charge in [0, 0.05) is 57.8 Å². The Labute approximate surface area is 298 Å². The number of amides is 2. The van der Waals surface area contributed by atoms with Crippen LogP contribution in [0, 0.1) is 22.6 Å². The molecule has 1 aromatic carbocycles. The SMILES string of the molecule is CC.CC1(C(N=CN)=NC=Nc2ccc(N3CCN(C4COC4)CC3)cc2F)C=C(C#N)C(O[C@H]2CCN(C=O)C[C@H]2F)=CC1.O=C1CCCN1. The lowest BCUT2D eigenvalue weighted by Gasteiger charge is -2.43. The molecule has 4 fully saturated rings. The van der Waals surface area contributed by atoms with E-state index in [4.69, 9.17) is 15.2 Å². The molecule has 15 heteroatoms. The summed E-state index contributed by atoms with van der Waals surface area (Å²) >= 11 is 0. The van der Waals surface area contributed by atoms with Gasteiger partial charge in [-0.15, -0.1) is 0 Å². The van der Waals surface area contributed by atoms with Crippen LogP contribution < -0.4 is 16.0 Å². The van der Waals surface area contributed by atoms with Crippen LogP contribution in [0.3, 0.4) is 0 Å². The van der Waals surface area contributed by atoms with Gasteiger partial charge in [0.15, 0.2) is 12.0 Å². The Morgan fingerprint density at radius 1 is 1.22 bits per heavy atom. The highest BCUT2D eigenvalue weighted by Gasteiger charge is 2.36. The molecule has 5 aliphatic rings. The van der Waals surface area contributed by atoms with Crippen LogP contribution in [0.1, 0.15) is 46.5 Å². The van der Waals surface area contributed by atoms with Crippen LogP contribution in [-0.4, -0.2) is 118 Å². The number of aliphatic imine (C=N–C) groups is 3. The Morgan fingerprint density at radius 3 is 2.53 bits per heavy atom. The zero-order valence-electron chi connectivity index (χ0n) is 29.6. The first-order valence-corrected chi connectivity index (χ1v) is 17.5. The molecule has 0 bridgehead atoms. The first-order chi connectivity index (χ1) is 24.7. The maximum atomic E-state index is 15.0. The minimum absolute atomic E-state index is 0.0526. The summed E-state index contributed by atoms with van der Waals surface area (Å²) in [5, 5.41) is 12.5. The fourth-order valence-electron chi connectivity index (χ4n) is 6.20. The van der Waals surface area contributed by atoms with Crippen molar-refractivity contribution in [3.05, 3.63) is 47.5 Å². The van der Waals surface area contributed by atoms with Gasteiger partial charge in [-0.3, -0.25) is 14.5 Å². The van der Waals surface area contributed by atoms with Gasteiger partial charge in [-0.1, -0.05) is 13.8 Å². The fraction of sp³-hybridized carbons (Fsp3) is 0.556. The van der Waals surface area contributed by atoms with Crippen LogP contribution in [0.2, 0.25) is 0 Å². The van der Waals surface area contributed by atoms with Crippen LogP contribution in [0.4, 0.5) is 20.2 Å². The van der Waals surface area contributed by atoms with E-state index in [0.717, 1.165) is 70.8 Å². The summed E-state index contributed by atoms with van der Waals surface area (Å²) in [6.45, 7) is 12.1. The van der Waals surface area contributed by atoms with Crippen molar-refractivity contribution in [2.75, 3.05) is 63.9 Å². The number of allylic oxidation sites excluding steroid dienone is 2. The van der Waals surface area contributed by atoms with Crippen LogP contribution in [0.5, 0.6) is 0 Å². The van der Waals surface area contributed by atoms with E-state index >= 15 is 0 Å². The van der Waals surface area contributed by atoms with Gasteiger partial charge in [-0.2, -0.15) is 5.26 Å². The van der Waals surface area contributed by atoms with E-state index in [1.54, 1.807) is 18.2 Å². The number of anilines is 1. The van der Waals surface area contributed by atoms with Gasteiger partial charge in [0.2, 0.25) is 12.3 Å². The second kappa shape index (κ2) is 19.1. The molecule has 51 heavy (non-hydrogen) atoms. The molecule has 13 nitrogen and oxygen atoms in total. The minimum Gasteiger partial charge on any atom is -0.486 e. The van der Waals surface area contributed by atoms with E-state index in [1.165, 1.54) is 17.3 Å². The second-order valence-corrected chi connectivity index (χ2v) is 12.7. The molecule has 4 heterocycles. The summed E-state index contributed by atoms with van der Waals surface area (Å²) < 4.78 is 40.7. The number of nitriles is 1. The van der Waals surface area contributed by atoms with Gasteiger partial charge >= 0.3 is 0 Å². The molecule has 1 aromatic rings. The number of rotatable bonds is 8. The number of hydrogen-bond donors (Lipinski definition) is 2. The van der Waals surface area contributed by atoms with Gasteiger partial charge in [0.1, 0.15) is 35.8 Å². The number of nitrogens with one attached hydrogen (secondary N) is 1. The van der Waals surface area contributed by atoms with Crippen LogP contribution in [0.25, 0.3) is 0 Å². The predicted molar refractivity (Wildman–Crippen MR) is 193 cm³/mol. The predicted octanol–water partition coefficient (Wildman–Crippen LogP) is 3.64. The first kappa shape index (κ1) is 39.1. The lowest BCUT2D eigenvalue weighted by Crippen LogP contribution is -2.56. The number of benzene rings is 1. The quantitative estimate of drug-likeness (QED) is 0.235. The third-order valence-corrected chi connectivity index (χ3v) is 9.24. The van der Waals surface area contributed by atoms with E-state index < -0.39 is 23.5 Å². The molecule has 4 aliphatic heterocycles. The number of nitrogens with zero attached hydrogens (tertiary/aromatic N) is 7. The summed E-state index contributed by atoms with van der Waals surface area (Å²) in [7, 11) is 0. The first-order valence-electron chi connectivity index (χ1n) is 17.5. The van der Waals surface area contributed by atoms with Crippen molar-refractivity contribution in [3.63, 3.8) is 0 Å².